The third-order valence-corrected chi connectivity index (χ3v) is 3.61. The second kappa shape index (κ2) is 5.08. The Labute approximate surface area is 123 Å². The minimum absolute atomic E-state index is 0.525. The molecule has 0 unspecified atom stereocenters. The van der Waals surface area contributed by atoms with E-state index in [9.17, 15) is 0 Å². The number of tetrazole rings is 1. The van der Waals surface area contributed by atoms with Crippen LogP contribution < -0.4 is 0 Å². The van der Waals surface area contributed by atoms with Gasteiger partial charge in [-0.3, -0.25) is 4.68 Å². The third kappa shape index (κ3) is 2.65. The molecular formula is C12H11IN6. The van der Waals surface area contributed by atoms with Crippen molar-refractivity contribution >= 4 is 22.6 Å². The second-order valence-electron chi connectivity index (χ2n) is 4.10. The number of aryl methyl sites for hydroxylation is 1. The van der Waals surface area contributed by atoms with Crippen LogP contribution in [0.5, 0.6) is 0 Å². The molecule has 0 saturated carbocycles. The summed E-state index contributed by atoms with van der Waals surface area (Å²) >= 11 is 2.33. The van der Waals surface area contributed by atoms with Crippen molar-refractivity contribution in [2.75, 3.05) is 0 Å². The van der Waals surface area contributed by atoms with Crippen LogP contribution in [0.2, 0.25) is 0 Å². The first-order valence-electron chi connectivity index (χ1n) is 5.72. The van der Waals surface area contributed by atoms with E-state index in [-0.39, 0.29) is 0 Å². The van der Waals surface area contributed by atoms with Gasteiger partial charge in [-0.05, 0) is 39.4 Å². The van der Waals surface area contributed by atoms with Crippen LogP contribution in [0.4, 0.5) is 0 Å². The molecule has 0 aliphatic rings. The molecule has 1 aromatic carbocycles. The van der Waals surface area contributed by atoms with Gasteiger partial charge in [0.1, 0.15) is 6.54 Å². The summed E-state index contributed by atoms with van der Waals surface area (Å²) in [6.45, 7) is 0.525. The summed E-state index contributed by atoms with van der Waals surface area (Å²) in [5.41, 5.74) is 2.27. The Hall–Kier alpha value is -1.77. The Balaban J connectivity index is 1.86. The average Bonchev–Trinajstić information content (AvgIpc) is 3.00. The SMILES string of the molecule is Cn1nnc(Cn2cc(-c3ccccc3I)cn2)n1. The largest absolute Gasteiger partial charge is 0.264 e. The van der Waals surface area contributed by atoms with E-state index in [1.54, 1.807) is 7.05 Å². The van der Waals surface area contributed by atoms with Crippen LogP contribution in [0.3, 0.4) is 0 Å². The van der Waals surface area contributed by atoms with E-state index in [0.29, 0.717) is 12.4 Å². The molecule has 3 rings (SSSR count). The molecule has 0 aliphatic heterocycles. The highest BCUT2D eigenvalue weighted by Crippen LogP contribution is 2.24. The predicted octanol–water partition coefficient (Wildman–Crippen LogP) is 1.73. The van der Waals surface area contributed by atoms with E-state index in [4.69, 9.17) is 0 Å². The Bertz CT molecular complexity index is 702. The summed E-state index contributed by atoms with van der Waals surface area (Å²) in [6.07, 6.45) is 3.85. The minimum atomic E-state index is 0.525. The fourth-order valence-corrected chi connectivity index (χ4v) is 2.51. The van der Waals surface area contributed by atoms with Crippen molar-refractivity contribution in [3.05, 3.63) is 46.1 Å². The van der Waals surface area contributed by atoms with Crippen molar-refractivity contribution in [2.45, 2.75) is 6.54 Å². The Morgan fingerprint density at radius 3 is 2.84 bits per heavy atom. The monoisotopic (exact) mass is 366 g/mol. The first kappa shape index (κ1) is 12.3. The molecule has 0 bridgehead atoms. The van der Waals surface area contributed by atoms with Crippen LogP contribution in [0, 0.1) is 3.57 Å². The molecule has 0 aliphatic carbocycles. The fraction of sp³-hybridized carbons (Fsp3) is 0.167. The number of nitrogens with zero attached hydrogens (tertiary/aromatic N) is 6. The van der Waals surface area contributed by atoms with Crippen LogP contribution in [0.1, 0.15) is 5.82 Å². The Morgan fingerprint density at radius 1 is 1.26 bits per heavy atom. The standard InChI is InChI=1S/C12H11IN6/c1-18-16-12(15-17-18)8-19-7-9(6-14-19)10-4-2-3-5-11(10)13/h2-7H,8H2,1H3. The van der Waals surface area contributed by atoms with Gasteiger partial charge in [0.25, 0.3) is 0 Å². The van der Waals surface area contributed by atoms with Crippen LogP contribution in [-0.2, 0) is 13.6 Å². The van der Waals surface area contributed by atoms with Gasteiger partial charge in [-0.1, -0.05) is 18.2 Å². The van der Waals surface area contributed by atoms with Crippen LogP contribution >= 0.6 is 22.6 Å². The van der Waals surface area contributed by atoms with Gasteiger partial charge in [-0.15, -0.1) is 10.2 Å². The molecule has 2 heterocycles. The minimum Gasteiger partial charge on any atom is -0.264 e. The third-order valence-electron chi connectivity index (χ3n) is 2.67. The molecule has 3 aromatic rings. The summed E-state index contributed by atoms with van der Waals surface area (Å²) in [4.78, 5) is 1.44. The van der Waals surface area contributed by atoms with Crippen LogP contribution in [0.15, 0.2) is 36.7 Å². The lowest BCUT2D eigenvalue weighted by Crippen LogP contribution is -2.02. The van der Waals surface area contributed by atoms with Crippen molar-refractivity contribution in [2.24, 2.45) is 7.05 Å². The molecule has 0 atom stereocenters. The predicted molar refractivity (Wildman–Crippen MR) is 78.3 cm³/mol. The van der Waals surface area contributed by atoms with Crippen LogP contribution in [0.25, 0.3) is 11.1 Å². The lowest BCUT2D eigenvalue weighted by molar-refractivity contribution is 0.617. The molecule has 0 amide bonds. The molecule has 0 fully saturated rings. The van der Waals surface area contributed by atoms with Crippen molar-refractivity contribution in [1.29, 1.82) is 0 Å². The van der Waals surface area contributed by atoms with E-state index in [0.717, 1.165) is 5.56 Å². The van der Waals surface area contributed by atoms with Gasteiger partial charge in [0.15, 0.2) is 5.82 Å². The summed E-state index contributed by atoms with van der Waals surface area (Å²) in [5, 5.41) is 16.2. The highest BCUT2D eigenvalue weighted by molar-refractivity contribution is 14.1. The molecule has 0 N–H and O–H groups in total. The van der Waals surface area contributed by atoms with Gasteiger partial charge < -0.3 is 0 Å². The number of aromatic nitrogens is 6. The zero-order valence-corrected chi connectivity index (χ0v) is 12.4. The number of benzene rings is 1. The molecular weight excluding hydrogens is 355 g/mol. The summed E-state index contributed by atoms with van der Waals surface area (Å²) in [5.74, 6) is 0.653. The topological polar surface area (TPSA) is 61.4 Å². The quantitative estimate of drug-likeness (QED) is 0.663. The van der Waals surface area contributed by atoms with Crippen molar-refractivity contribution < 1.29 is 0 Å². The van der Waals surface area contributed by atoms with E-state index < -0.39 is 0 Å². The zero-order chi connectivity index (χ0) is 13.2. The fourth-order valence-electron chi connectivity index (χ4n) is 1.82. The number of hydrogen-bond donors (Lipinski definition) is 0. The highest BCUT2D eigenvalue weighted by Gasteiger charge is 2.07. The second-order valence-corrected chi connectivity index (χ2v) is 5.26. The lowest BCUT2D eigenvalue weighted by atomic mass is 10.1. The van der Waals surface area contributed by atoms with Crippen LogP contribution in [-0.4, -0.2) is 30.0 Å². The first-order valence-corrected chi connectivity index (χ1v) is 6.80. The van der Waals surface area contributed by atoms with Crippen molar-refractivity contribution in [3.8, 4) is 11.1 Å². The maximum atomic E-state index is 4.33. The zero-order valence-electron chi connectivity index (χ0n) is 10.2. The lowest BCUT2D eigenvalue weighted by Gasteiger charge is -1.99. The Morgan fingerprint density at radius 2 is 2.11 bits per heavy atom. The molecule has 7 heteroatoms. The molecule has 6 nitrogen and oxygen atoms in total. The molecule has 19 heavy (non-hydrogen) atoms. The average molecular weight is 366 g/mol. The molecule has 0 spiro atoms. The van der Waals surface area contributed by atoms with E-state index >= 15 is 0 Å². The van der Waals surface area contributed by atoms with Gasteiger partial charge in [-0.2, -0.15) is 9.90 Å². The molecule has 2 aromatic heterocycles. The van der Waals surface area contributed by atoms with Crippen molar-refractivity contribution in [1.82, 2.24) is 30.0 Å². The van der Waals surface area contributed by atoms with Gasteiger partial charge in [0.2, 0.25) is 0 Å². The van der Waals surface area contributed by atoms with Gasteiger partial charge in [0.05, 0.1) is 13.2 Å². The van der Waals surface area contributed by atoms with Crippen molar-refractivity contribution in [3.63, 3.8) is 0 Å². The number of hydrogen-bond acceptors (Lipinski definition) is 4. The normalized spacial score (nSPS) is 10.8. The maximum Gasteiger partial charge on any atom is 0.196 e. The van der Waals surface area contributed by atoms with Gasteiger partial charge >= 0.3 is 0 Å². The summed E-state index contributed by atoms with van der Waals surface area (Å²) in [6, 6.07) is 8.22. The molecule has 96 valence electrons. The summed E-state index contributed by atoms with van der Waals surface area (Å²) in [7, 11) is 1.75. The van der Waals surface area contributed by atoms with E-state index in [1.165, 1.54) is 13.9 Å². The number of halogens is 1. The van der Waals surface area contributed by atoms with Gasteiger partial charge in [0, 0.05) is 15.3 Å². The smallest absolute Gasteiger partial charge is 0.196 e. The maximum absolute atomic E-state index is 4.33. The first-order chi connectivity index (χ1) is 9.22. The Kier molecular flexibility index (Phi) is 3.28. The molecule has 0 saturated heterocycles. The highest BCUT2D eigenvalue weighted by atomic mass is 127. The van der Waals surface area contributed by atoms with E-state index in [2.05, 4.69) is 55.2 Å². The number of rotatable bonds is 3. The van der Waals surface area contributed by atoms with Gasteiger partial charge in [-0.25, -0.2) is 0 Å². The van der Waals surface area contributed by atoms with E-state index in [1.807, 2.05) is 29.2 Å². The summed E-state index contributed by atoms with van der Waals surface area (Å²) < 4.78 is 3.02. The molecule has 0 radical (unpaired) electrons.